The van der Waals surface area contributed by atoms with E-state index >= 15 is 0 Å². The van der Waals surface area contributed by atoms with Crippen molar-refractivity contribution in [2.45, 2.75) is 25.3 Å². The van der Waals surface area contributed by atoms with Crippen molar-refractivity contribution in [3.05, 3.63) is 35.9 Å². The summed E-state index contributed by atoms with van der Waals surface area (Å²) in [6, 6.07) is 10.8. The quantitative estimate of drug-likeness (QED) is 0.838. The van der Waals surface area contributed by atoms with Gasteiger partial charge in [-0.2, -0.15) is 0 Å². The van der Waals surface area contributed by atoms with Gasteiger partial charge in [0, 0.05) is 25.0 Å². The van der Waals surface area contributed by atoms with Crippen molar-refractivity contribution in [2.24, 2.45) is 5.73 Å². The van der Waals surface area contributed by atoms with Crippen LogP contribution in [0.15, 0.2) is 30.3 Å². The normalized spacial score (nSPS) is 22.1. The highest BCUT2D eigenvalue weighted by atomic mass is 32.1. The molecule has 0 saturated carbocycles. The molecule has 4 heteroatoms. The molecule has 3 nitrogen and oxygen atoms in total. The molecular weight excluding hydrogens is 256 g/mol. The van der Waals surface area contributed by atoms with Gasteiger partial charge in [-0.05, 0) is 12.0 Å². The molecule has 19 heavy (non-hydrogen) atoms. The van der Waals surface area contributed by atoms with E-state index in [1.165, 1.54) is 5.56 Å². The Morgan fingerprint density at radius 1 is 1.47 bits per heavy atom. The third kappa shape index (κ3) is 3.75. The topological polar surface area (TPSA) is 38.5 Å². The Labute approximate surface area is 120 Å². The average Bonchev–Trinajstić information content (AvgIpc) is 2.45. The summed E-state index contributed by atoms with van der Waals surface area (Å²) in [7, 11) is 0. The molecule has 1 aliphatic rings. The van der Waals surface area contributed by atoms with Crippen molar-refractivity contribution in [1.29, 1.82) is 0 Å². The lowest BCUT2D eigenvalue weighted by atomic mass is 9.97. The molecule has 0 aliphatic carbocycles. The van der Waals surface area contributed by atoms with Gasteiger partial charge >= 0.3 is 0 Å². The number of nitrogens with zero attached hydrogens (tertiary/aromatic N) is 1. The Kier molecular flexibility index (Phi) is 5.31. The number of thiocarbonyl (C=S) groups is 1. The molecule has 1 heterocycles. The Bertz CT molecular complexity index is 410. The zero-order chi connectivity index (χ0) is 13.7. The number of ether oxygens (including phenoxy) is 1. The molecule has 1 saturated heterocycles. The van der Waals surface area contributed by atoms with Crippen LogP contribution in [0, 0.1) is 0 Å². The van der Waals surface area contributed by atoms with Crippen molar-refractivity contribution in [3.8, 4) is 0 Å². The number of morpholine rings is 1. The van der Waals surface area contributed by atoms with Crippen molar-refractivity contribution in [3.63, 3.8) is 0 Å². The minimum absolute atomic E-state index is 0.128. The van der Waals surface area contributed by atoms with Gasteiger partial charge in [0.15, 0.2) is 0 Å². The summed E-state index contributed by atoms with van der Waals surface area (Å²) in [5.74, 6) is 0.128. The molecule has 2 atom stereocenters. The zero-order valence-corrected chi connectivity index (χ0v) is 12.2. The third-order valence-electron chi connectivity index (χ3n) is 3.78. The maximum Gasteiger partial charge on any atom is 0.0816 e. The molecule has 1 fully saturated rings. The molecule has 1 aromatic rings. The largest absolute Gasteiger partial charge is 0.393 e. The lowest BCUT2D eigenvalue weighted by Crippen LogP contribution is -2.48. The lowest BCUT2D eigenvalue weighted by Gasteiger charge is -2.37. The van der Waals surface area contributed by atoms with Crippen LogP contribution in [0.1, 0.15) is 24.8 Å². The molecule has 1 aliphatic heterocycles. The van der Waals surface area contributed by atoms with Crippen LogP contribution in [-0.2, 0) is 4.74 Å². The fraction of sp³-hybridized carbons (Fsp3) is 0.533. The molecule has 0 bridgehead atoms. The molecule has 2 N–H and O–H groups in total. The maximum absolute atomic E-state index is 5.95. The fourth-order valence-corrected chi connectivity index (χ4v) is 2.80. The highest BCUT2D eigenvalue weighted by molar-refractivity contribution is 7.80. The molecule has 1 aromatic carbocycles. The average molecular weight is 278 g/mol. The first-order valence-corrected chi connectivity index (χ1v) is 7.29. The van der Waals surface area contributed by atoms with Gasteiger partial charge in [0.2, 0.25) is 0 Å². The number of benzene rings is 1. The SMILES string of the molecule is CCC1COCCN1CC(C(N)=S)c1ccccc1. The van der Waals surface area contributed by atoms with Crippen molar-refractivity contribution >= 4 is 17.2 Å². The Hall–Kier alpha value is -0.970. The maximum atomic E-state index is 5.95. The smallest absolute Gasteiger partial charge is 0.0816 e. The van der Waals surface area contributed by atoms with E-state index in [1.54, 1.807) is 0 Å². The zero-order valence-electron chi connectivity index (χ0n) is 11.4. The Morgan fingerprint density at radius 3 is 2.84 bits per heavy atom. The number of rotatable bonds is 5. The van der Waals surface area contributed by atoms with Crippen LogP contribution < -0.4 is 5.73 Å². The van der Waals surface area contributed by atoms with Gasteiger partial charge in [-0.15, -0.1) is 0 Å². The standard InChI is InChI=1S/C15H22N2OS/c1-2-13-11-18-9-8-17(13)10-14(15(16)19)12-6-4-3-5-7-12/h3-7,13-14H,2,8-11H2,1H3,(H2,16,19). The van der Waals surface area contributed by atoms with Gasteiger partial charge in [0.25, 0.3) is 0 Å². The van der Waals surface area contributed by atoms with Gasteiger partial charge in [-0.3, -0.25) is 4.90 Å². The van der Waals surface area contributed by atoms with E-state index in [4.69, 9.17) is 22.7 Å². The van der Waals surface area contributed by atoms with Crippen LogP contribution in [0.4, 0.5) is 0 Å². The van der Waals surface area contributed by atoms with Crippen LogP contribution in [0.25, 0.3) is 0 Å². The summed E-state index contributed by atoms with van der Waals surface area (Å²) in [6.45, 7) is 5.67. The summed E-state index contributed by atoms with van der Waals surface area (Å²) in [4.78, 5) is 3.04. The van der Waals surface area contributed by atoms with Crippen LogP contribution >= 0.6 is 12.2 Å². The molecule has 0 radical (unpaired) electrons. The minimum atomic E-state index is 0.128. The second-order valence-corrected chi connectivity index (χ2v) is 5.47. The number of nitrogens with two attached hydrogens (primary N) is 1. The Morgan fingerprint density at radius 2 is 2.21 bits per heavy atom. The molecular formula is C15H22N2OS. The summed E-state index contributed by atoms with van der Waals surface area (Å²) in [5, 5.41) is 0. The van der Waals surface area contributed by atoms with Crippen molar-refractivity contribution < 1.29 is 4.74 Å². The van der Waals surface area contributed by atoms with E-state index < -0.39 is 0 Å². The van der Waals surface area contributed by atoms with E-state index in [9.17, 15) is 0 Å². The highest BCUT2D eigenvalue weighted by Crippen LogP contribution is 2.21. The predicted octanol–water partition coefficient (Wildman–Crippen LogP) is 2.17. The van der Waals surface area contributed by atoms with Gasteiger partial charge in [0.1, 0.15) is 0 Å². The van der Waals surface area contributed by atoms with Gasteiger partial charge < -0.3 is 10.5 Å². The fourth-order valence-electron chi connectivity index (χ4n) is 2.59. The summed E-state index contributed by atoms with van der Waals surface area (Å²) >= 11 is 5.26. The monoisotopic (exact) mass is 278 g/mol. The van der Waals surface area contributed by atoms with Crippen molar-refractivity contribution in [2.75, 3.05) is 26.3 Å². The molecule has 2 rings (SSSR count). The van der Waals surface area contributed by atoms with Crippen LogP contribution in [0.2, 0.25) is 0 Å². The molecule has 2 unspecified atom stereocenters. The first-order chi connectivity index (χ1) is 9.22. The van der Waals surface area contributed by atoms with E-state index in [1.807, 2.05) is 18.2 Å². The van der Waals surface area contributed by atoms with Gasteiger partial charge in [-0.1, -0.05) is 49.5 Å². The van der Waals surface area contributed by atoms with Crippen LogP contribution in [0.3, 0.4) is 0 Å². The summed E-state index contributed by atoms with van der Waals surface area (Å²) in [6.07, 6.45) is 1.10. The first kappa shape index (κ1) is 14.4. The number of hydrogen-bond donors (Lipinski definition) is 1. The van der Waals surface area contributed by atoms with E-state index in [2.05, 4.69) is 24.0 Å². The van der Waals surface area contributed by atoms with E-state index in [0.717, 1.165) is 32.7 Å². The summed E-state index contributed by atoms with van der Waals surface area (Å²) < 4.78 is 5.55. The second-order valence-electron chi connectivity index (χ2n) is 5.00. The Balaban J connectivity index is 2.10. The van der Waals surface area contributed by atoms with Gasteiger partial charge in [0.05, 0.1) is 18.2 Å². The predicted molar refractivity (Wildman–Crippen MR) is 82.4 cm³/mol. The van der Waals surface area contributed by atoms with Crippen LogP contribution in [-0.4, -0.2) is 42.2 Å². The third-order valence-corrected chi connectivity index (χ3v) is 4.07. The van der Waals surface area contributed by atoms with Crippen LogP contribution in [0.5, 0.6) is 0 Å². The number of hydrogen-bond acceptors (Lipinski definition) is 3. The lowest BCUT2D eigenvalue weighted by molar-refractivity contribution is -0.00892. The van der Waals surface area contributed by atoms with Crippen molar-refractivity contribution in [1.82, 2.24) is 4.90 Å². The van der Waals surface area contributed by atoms with E-state index in [-0.39, 0.29) is 5.92 Å². The first-order valence-electron chi connectivity index (χ1n) is 6.88. The summed E-state index contributed by atoms with van der Waals surface area (Å²) in [5.41, 5.74) is 7.15. The molecule has 0 spiro atoms. The molecule has 0 aromatic heterocycles. The second kappa shape index (κ2) is 6.98. The molecule has 0 amide bonds. The molecule has 104 valence electrons. The minimum Gasteiger partial charge on any atom is -0.393 e. The van der Waals surface area contributed by atoms with E-state index in [0.29, 0.717) is 11.0 Å². The van der Waals surface area contributed by atoms with Gasteiger partial charge in [-0.25, -0.2) is 0 Å². The highest BCUT2D eigenvalue weighted by Gasteiger charge is 2.26.